The van der Waals surface area contributed by atoms with E-state index in [0.29, 0.717) is 9.34 Å². The lowest BCUT2D eigenvalue weighted by Gasteiger charge is -2.09. The number of nitriles is 1. The van der Waals surface area contributed by atoms with Crippen LogP contribution in [0.3, 0.4) is 0 Å². The van der Waals surface area contributed by atoms with Gasteiger partial charge in [-0.15, -0.1) is 0 Å². The maximum absolute atomic E-state index is 11.4. The van der Waals surface area contributed by atoms with Crippen molar-refractivity contribution in [2.75, 3.05) is 13.6 Å². The van der Waals surface area contributed by atoms with Crippen LogP contribution < -0.4 is 0 Å². The molecule has 1 aromatic rings. The van der Waals surface area contributed by atoms with Gasteiger partial charge in [0.25, 0.3) is 5.91 Å². The normalized spacial score (nSPS) is 9.31. The Bertz CT molecular complexity index is 357. The smallest absolute Gasteiger partial charge is 0.283 e. The van der Waals surface area contributed by atoms with E-state index in [-0.39, 0.29) is 12.5 Å². The molecule has 0 saturated carbocycles. The molecule has 13 heavy (non-hydrogen) atoms. The van der Waals surface area contributed by atoms with Crippen molar-refractivity contribution in [2.45, 2.75) is 0 Å². The number of thiazole rings is 1. The SMILES string of the molecule is CN(CC#N)C(=O)c1ncc(Cl)s1. The first kappa shape index (κ1) is 9.96. The highest BCUT2D eigenvalue weighted by Gasteiger charge is 2.14. The number of hydrogen-bond donors (Lipinski definition) is 0. The van der Waals surface area contributed by atoms with Crippen molar-refractivity contribution in [1.29, 1.82) is 5.26 Å². The van der Waals surface area contributed by atoms with Gasteiger partial charge in [-0.3, -0.25) is 4.79 Å². The van der Waals surface area contributed by atoms with E-state index in [9.17, 15) is 4.79 Å². The van der Waals surface area contributed by atoms with Crippen LogP contribution in [0.1, 0.15) is 9.80 Å². The van der Waals surface area contributed by atoms with Crippen LogP contribution in [0.25, 0.3) is 0 Å². The molecule has 1 heterocycles. The molecule has 0 saturated heterocycles. The van der Waals surface area contributed by atoms with Crippen molar-refractivity contribution in [3.8, 4) is 6.07 Å². The number of aromatic nitrogens is 1. The summed E-state index contributed by atoms with van der Waals surface area (Å²) in [6, 6.07) is 1.87. The second kappa shape index (κ2) is 4.21. The second-order valence-corrected chi connectivity index (χ2v) is 3.95. The zero-order valence-corrected chi connectivity index (χ0v) is 8.39. The molecule has 0 aliphatic carbocycles. The third-order valence-electron chi connectivity index (χ3n) is 1.32. The lowest BCUT2D eigenvalue weighted by Crippen LogP contribution is -2.26. The van der Waals surface area contributed by atoms with Gasteiger partial charge in [-0.1, -0.05) is 22.9 Å². The van der Waals surface area contributed by atoms with E-state index in [1.54, 1.807) is 7.05 Å². The molecule has 0 aromatic carbocycles. The zero-order chi connectivity index (χ0) is 9.84. The fraction of sp³-hybridized carbons (Fsp3) is 0.286. The number of halogens is 1. The fourth-order valence-corrected chi connectivity index (χ4v) is 1.60. The van der Waals surface area contributed by atoms with Gasteiger partial charge in [0.05, 0.1) is 12.3 Å². The number of hydrogen-bond acceptors (Lipinski definition) is 4. The predicted octanol–water partition coefficient (Wildman–Crippen LogP) is 1.39. The summed E-state index contributed by atoms with van der Waals surface area (Å²) in [5.74, 6) is -0.279. The highest BCUT2D eigenvalue weighted by molar-refractivity contribution is 7.17. The van der Waals surface area contributed by atoms with E-state index in [2.05, 4.69) is 4.98 Å². The van der Waals surface area contributed by atoms with Crippen molar-refractivity contribution in [3.63, 3.8) is 0 Å². The van der Waals surface area contributed by atoms with Crippen LogP contribution in [0.2, 0.25) is 4.34 Å². The summed E-state index contributed by atoms with van der Waals surface area (Å²) in [5.41, 5.74) is 0. The first-order valence-electron chi connectivity index (χ1n) is 3.39. The number of carbonyl (C=O) groups is 1. The lowest BCUT2D eigenvalue weighted by atomic mass is 10.5. The molecule has 0 radical (unpaired) electrons. The minimum Gasteiger partial charge on any atom is -0.326 e. The van der Waals surface area contributed by atoms with Gasteiger partial charge in [-0.25, -0.2) is 4.98 Å². The molecule has 68 valence electrons. The molecule has 1 amide bonds. The molecule has 4 nitrogen and oxygen atoms in total. The van der Waals surface area contributed by atoms with Crippen LogP contribution >= 0.6 is 22.9 Å². The average Bonchev–Trinajstić information content (AvgIpc) is 2.51. The van der Waals surface area contributed by atoms with Gasteiger partial charge < -0.3 is 4.90 Å². The molecule has 0 atom stereocenters. The third-order valence-corrected chi connectivity index (χ3v) is 2.42. The van der Waals surface area contributed by atoms with E-state index >= 15 is 0 Å². The van der Waals surface area contributed by atoms with Gasteiger partial charge in [0.2, 0.25) is 0 Å². The fourth-order valence-electron chi connectivity index (χ4n) is 0.694. The first-order chi connectivity index (χ1) is 6.15. The van der Waals surface area contributed by atoms with Crippen LogP contribution in [0.4, 0.5) is 0 Å². The summed E-state index contributed by atoms with van der Waals surface area (Å²) in [6.07, 6.45) is 1.42. The molecule has 0 aliphatic heterocycles. The number of nitrogens with zero attached hydrogens (tertiary/aromatic N) is 3. The van der Waals surface area contributed by atoms with Crippen molar-refractivity contribution in [2.24, 2.45) is 0 Å². The van der Waals surface area contributed by atoms with Crippen LogP contribution in [-0.4, -0.2) is 29.4 Å². The first-order valence-corrected chi connectivity index (χ1v) is 4.58. The van der Waals surface area contributed by atoms with Crippen LogP contribution in [0, 0.1) is 11.3 Å². The maximum atomic E-state index is 11.4. The topological polar surface area (TPSA) is 57.0 Å². The van der Waals surface area contributed by atoms with E-state index in [1.165, 1.54) is 11.1 Å². The Morgan fingerprint density at radius 2 is 2.62 bits per heavy atom. The summed E-state index contributed by atoms with van der Waals surface area (Å²) >= 11 is 6.71. The average molecular weight is 216 g/mol. The molecule has 0 N–H and O–H groups in total. The van der Waals surface area contributed by atoms with E-state index in [0.717, 1.165) is 11.3 Å². The van der Waals surface area contributed by atoms with Crippen LogP contribution in [0.15, 0.2) is 6.20 Å². The van der Waals surface area contributed by atoms with E-state index in [1.807, 2.05) is 6.07 Å². The predicted molar refractivity (Wildman–Crippen MR) is 49.7 cm³/mol. The summed E-state index contributed by atoms with van der Waals surface area (Å²) in [6.45, 7) is 0.0516. The molecule has 0 spiro atoms. The Morgan fingerprint density at radius 1 is 1.92 bits per heavy atom. The van der Waals surface area contributed by atoms with Gasteiger partial charge in [0, 0.05) is 7.05 Å². The van der Waals surface area contributed by atoms with Crippen molar-refractivity contribution in [1.82, 2.24) is 9.88 Å². The van der Waals surface area contributed by atoms with Gasteiger partial charge in [-0.2, -0.15) is 5.26 Å². The van der Waals surface area contributed by atoms with E-state index < -0.39 is 0 Å². The zero-order valence-electron chi connectivity index (χ0n) is 6.82. The molecular weight excluding hydrogens is 210 g/mol. The molecule has 6 heteroatoms. The highest BCUT2D eigenvalue weighted by atomic mass is 35.5. The summed E-state index contributed by atoms with van der Waals surface area (Å²) in [5, 5.41) is 8.66. The molecule has 0 fully saturated rings. The van der Waals surface area contributed by atoms with Gasteiger partial charge >= 0.3 is 0 Å². The van der Waals surface area contributed by atoms with Crippen molar-refractivity contribution in [3.05, 3.63) is 15.5 Å². The molecule has 0 bridgehead atoms. The Kier molecular flexibility index (Phi) is 3.23. The Labute approximate surface area is 84.4 Å². The number of amides is 1. The summed E-state index contributed by atoms with van der Waals surface area (Å²) in [4.78, 5) is 16.5. The summed E-state index contributed by atoms with van der Waals surface area (Å²) in [7, 11) is 1.54. The Morgan fingerprint density at radius 3 is 3.08 bits per heavy atom. The maximum Gasteiger partial charge on any atom is 0.283 e. The molecule has 0 aliphatic rings. The van der Waals surface area contributed by atoms with Gasteiger partial charge in [-0.05, 0) is 0 Å². The lowest BCUT2D eigenvalue weighted by molar-refractivity contribution is 0.0811. The van der Waals surface area contributed by atoms with Gasteiger partial charge in [0.15, 0.2) is 5.01 Å². The van der Waals surface area contributed by atoms with Gasteiger partial charge in [0.1, 0.15) is 10.9 Å². The molecule has 1 aromatic heterocycles. The quantitative estimate of drug-likeness (QED) is 0.701. The Hall–Kier alpha value is -1.12. The van der Waals surface area contributed by atoms with Crippen molar-refractivity contribution >= 4 is 28.8 Å². The highest BCUT2D eigenvalue weighted by Crippen LogP contribution is 2.18. The van der Waals surface area contributed by atoms with Crippen molar-refractivity contribution < 1.29 is 4.79 Å². The molecular formula is C7H6ClN3OS. The minimum absolute atomic E-state index is 0.0516. The van der Waals surface area contributed by atoms with E-state index in [4.69, 9.17) is 16.9 Å². The number of carbonyl (C=O) groups excluding carboxylic acids is 1. The third kappa shape index (κ3) is 2.41. The Balaban J connectivity index is 2.74. The largest absolute Gasteiger partial charge is 0.326 e. The molecule has 1 rings (SSSR count). The second-order valence-electron chi connectivity index (χ2n) is 2.29. The minimum atomic E-state index is -0.279. The summed E-state index contributed by atoms with van der Waals surface area (Å²) < 4.78 is 0.466. The monoisotopic (exact) mass is 215 g/mol. The van der Waals surface area contributed by atoms with Crippen LogP contribution in [-0.2, 0) is 0 Å². The molecule has 0 unspecified atom stereocenters. The van der Waals surface area contributed by atoms with Crippen LogP contribution in [0.5, 0.6) is 0 Å². The standard InChI is InChI=1S/C7H6ClN3OS/c1-11(3-2-9)7(12)6-10-4-5(8)13-6/h4H,3H2,1H3. The number of rotatable bonds is 2.